The van der Waals surface area contributed by atoms with Gasteiger partial charge in [-0.05, 0) is 19.4 Å². The van der Waals surface area contributed by atoms with E-state index in [1.807, 2.05) is 6.92 Å². The van der Waals surface area contributed by atoms with Crippen molar-refractivity contribution in [3.8, 4) is 0 Å². The zero-order chi connectivity index (χ0) is 8.06. The lowest BCUT2D eigenvalue weighted by Crippen LogP contribution is -2.43. The first-order chi connectivity index (χ1) is 5.13. The quantitative estimate of drug-likeness (QED) is 0.542. The topological polar surface area (TPSA) is 40.5 Å². The van der Waals surface area contributed by atoms with Crippen molar-refractivity contribution in [1.29, 1.82) is 0 Å². The largest absolute Gasteiger partial charge is 0.367 e. The lowest BCUT2D eigenvalue weighted by molar-refractivity contribution is -0.138. The van der Waals surface area contributed by atoms with Gasteiger partial charge in [0.25, 0.3) is 0 Å². The fraction of sp³-hybridized carbons (Fsp3) is 0.625. The first-order valence-corrected chi connectivity index (χ1v) is 3.88. The predicted octanol–water partition coefficient (Wildman–Crippen LogP) is 0.256. The van der Waals surface area contributed by atoms with E-state index in [0.29, 0.717) is 6.42 Å². The first-order valence-electron chi connectivity index (χ1n) is 3.88. The van der Waals surface area contributed by atoms with E-state index < -0.39 is 5.72 Å². The average molecular weight is 153 g/mol. The molecule has 1 saturated heterocycles. The highest BCUT2D eigenvalue weighted by Crippen LogP contribution is 2.36. The molecule has 2 rings (SSSR count). The molecule has 2 unspecified atom stereocenters. The van der Waals surface area contributed by atoms with Gasteiger partial charge < -0.3 is 10.0 Å². The monoisotopic (exact) mass is 153 g/mol. The van der Waals surface area contributed by atoms with E-state index in [1.54, 1.807) is 11.0 Å². The van der Waals surface area contributed by atoms with Crippen LogP contribution in [0.2, 0.25) is 0 Å². The zero-order valence-corrected chi connectivity index (χ0v) is 6.45. The number of aliphatic hydroxyl groups is 1. The van der Waals surface area contributed by atoms with Crippen LogP contribution in [0.15, 0.2) is 12.2 Å². The van der Waals surface area contributed by atoms with E-state index in [2.05, 4.69) is 0 Å². The SMILES string of the molecule is CC1CCC2(O)C=CC(=O)N12. The molecule has 0 radical (unpaired) electrons. The van der Waals surface area contributed by atoms with Crippen molar-refractivity contribution in [2.75, 3.05) is 0 Å². The Morgan fingerprint density at radius 2 is 2.55 bits per heavy atom. The Morgan fingerprint density at radius 3 is 3.18 bits per heavy atom. The average Bonchev–Trinajstić information content (AvgIpc) is 2.38. The summed E-state index contributed by atoms with van der Waals surface area (Å²) in [6, 6.07) is 0.183. The van der Waals surface area contributed by atoms with Crippen LogP contribution in [0.4, 0.5) is 0 Å². The number of nitrogens with zero attached hydrogens (tertiary/aromatic N) is 1. The molecule has 3 nitrogen and oxygen atoms in total. The van der Waals surface area contributed by atoms with Crippen LogP contribution in [0.1, 0.15) is 19.8 Å². The van der Waals surface area contributed by atoms with Gasteiger partial charge in [-0.3, -0.25) is 4.79 Å². The molecule has 60 valence electrons. The standard InChI is InChI=1S/C8H11NO2/c1-6-2-4-8(11)5-3-7(10)9(6)8/h3,5-6,11H,2,4H2,1H3. The normalized spacial score (nSPS) is 41.8. The third-order valence-electron chi connectivity index (χ3n) is 2.52. The van der Waals surface area contributed by atoms with Crippen molar-refractivity contribution in [3.05, 3.63) is 12.2 Å². The number of fused-ring (bicyclic) bond motifs is 1. The zero-order valence-electron chi connectivity index (χ0n) is 6.45. The van der Waals surface area contributed by atoms with Crippen LogP contribution < -0.4 is 0 Å². The summed E-state index contributed by atoms with van der Waals surface area (Å²) in [5, 5.41) is 9.79. The van der Waals surface area contributed by atoms with Gasteiger partial charge in [-0.1, -0.05) is 0 Å². The maximum Gasteiger partial charge on any atom is 0.249 e. The lowest BCUT2D eigenvalue weighted by Gasteiger charge is -2.28. The minimum atomic E-state index is -0.948. The van der Waals surface area contributed by atoms with E-state index in [4.69, 9.17) is 0 Å². The Labute approximate surface area is 65.3 Å². The van der Waals surface area contributed by atoms with E-state index >= 15 is 0 Å². The molecule has 0 aromatic carbocycles. The summed E-state index contributed by atoms with van der Waals surface area (Å²) in [6.07, 6.45) is 4.62. The first kappa shape index (κ1) is 6.85. The lowest BCUT2D eigenvalue weighted by atomic mass is 10.1. The maximum atomic E-state index is 11.2. The molecule has 3 heteroatoms. The molecule has 1 amide bonds. The van der Waals surface area contributed by atoms with Gasteiger partial charge in [-0.15, -0.1) is 0 Å². The summed E-state index contributed by atoms with van der Waals surface area (Å²) in [5.74, 6) is -0.0579. The van der Waals surface area contributed by atoms with Crippen LogP contribution in [0.25, 0.3) is 0 Å². The van der Waals surface area contributed by atoms with Crippen LogP contribution in [-0.2, 0) is 4.79 Å². The summed E-state index contributed by atoms with van der Waals surface area (Å²) >= 11 is 0. The molecule has 11 heavy (non-hydrogen) atoms. The minimum Gasteiger partial charge on any atom is -0.367 e. The minimum absolute atomic E-state index is 0.0579. The molecular formula is C8H11NO2. The van der Waals surface area contributed by atoms with Gasteiger partial charge in [-0.2, -0.15) is 0 Å². The van der Waals surface area contributed by atoms with Crippen molar-refractivity contribution in [2.24, 2.45) is 0 Å². The van der Waals surface area contributed by atoms with E-state index in [0.717, 1.165) is 6.42 Å². The van der Waals surface area contributed by atoms with Crippen LogP contribution in [0, 0.1) is 0 Å². The van der Waals surface area contributed by atoms with Gasteiger partial charge in [-0.25, -0.2) is 0 Å². The predicted molar refractivity (Wildman–Crippen MR) is 39.6 cm³/mol. The van der Waals surface area contributed by atoms with Gasteiger partial charge in [0.05, 0.1) is 0 Å². The molecule has 1 fully saturated rings. The molecule has 0 spiro atoms. The third kappa shape index (κ3) is 0.744. The second kappa shape index (κ2) is 1.85. The molecule has 0 bridgehead atoms. The van der Waals surface area contributed by atoms with Crippen LogP contribution in [0.3, 0.4) is 0 Å². The second-order valence-corrected chi connectivity index (χ2v) is 3.31. The summed E-state index contributed by atoms with van der Waals surface area (Å²) in [7, 11) is 0. The molecule has 0 aromatic heterocycles. The van der Waals surface area contributed by atoms with Gasteiger partial charge in [0.2, 0.25) is 5.91 Å². The van der Waals surface area contributed by atoms with Crippen molar-refractivity contribution in [3.63, 3.8) is 0 Å². The highest BCUT2D eigenvalue weighted by molar-refractivity contribution is 5.91. The molecule has 0 aliphatic carbocycles. The molecule has 2 aliphatic rings. The molecule has 1 N–H and O–H groups in total. The van der Waals surface area contributed by atoms with E-state index in [9.17, 15) is 9.90 Å². The fourth-order valence-corrected chi connectivity index (χ4v) is 1.91. The van der Waals surface area contributed by atoms with E-state index in [-0.39, 0.29) is 11.9 Å². The number of carbonyl (C=O) groups excluding carboxylic acids is 1. The van der Waals surface area contributed by atoms with Gasteiger partial charge >= 0.3 is 0 Å². The Bertz CT molecular complexity index is 236. The molecular weight excluding hydrogens is 142 g/mol. The van der Waals surface area contributed by atoms with Gasteiger partial charge in [0.15, 0.2) is 5.72 Å². The summed E-state index contributed by atoms with van der Waals surface area (Å²) in [4.78, 5) is 12.7. The Kier molecular flexibility index (Phi) is 1.16. The fourth-order valence-electron chi connectivity index (χ4n) is 1.91. The third-order valence-corrected chi connectivity index (χ3v) is 2.52. The Balaban J connectivity index is 2.36. The summed E-state index contributed by atoms with van der Waals surface area (Å²) in [6.45, 7) is 1.96. The van der Waals surface area contributed by atoms with Crippen LogP contribution in [0.5, 0.6) is 0 Å². The second-order valence-electron chi connectivity index (χ2n) is 3.31. The number of amides is 1. The van der Waals surface area contributed by atoms with E-state index in [1.165, 1.54) is 6.08 Å². The number of hydrogen-bond acceptors (Lipinski definition) is 2. The van der Waals surface area contributed by atoms with Crippen molar-refractivity contribution in [2.45, 2.75) is 31.5 Å². The number of carbonyl (C=O) groups is 1. The van der Waals surface area contributed by atoms with Gasteiger partial charge in [0, 0.05) is 18.5 Å². The van der Waals surface area contributed by atoms with Crippen molar-refractivity contribution >= 4 is 5.91 Å². The number of hydrogen-bond donors (Lipinski definition) is 1. The van der Waals surface area contributed by atoms with Crippen LogP contribution >= 0.6 is 0 Å². The van der Waals surface area contributed by atoms with Crippen molar-refractivity contribution in [1.82, 2.24) is 4.90 Å². The Morgan fingerprint density at radius 1 is 1.82 bits per heavy atom. The summed E-state index contributed by atoms with van der Waals surface area (Å²) < 4.78 is 0. The van der Waals surface area contributed by atoms with Crippen molar-refractivity contribution < 1.29 is 9.90 Å². The maximum absolute atomic E-state index is 11.2. The Hall–Kier alpha value is -0.830. The molecule has 0 saturated carbocycles. The molecule has 2 aliphatic heterocycles. The molecule has 2 heterocycles. The van der Waals surface area contributed by atoms with Gasteiger partial charge in [0.1, 0.15) is 0 Å². The smallest absolute Gasteiger partial charge is 0.249 e. The molecule has 2 atom stereocenters. The summed E-state index contributed by atoms with van der Waals surface area (Å²) in [5.41, 5.74) is -0.948. The highest BCUT2D eigenvalue weighted by Gasteiger charge is 2.46. The molecule has 0 aromatic rings. The highest BCUT2D eigenvalue weighted by atomic mass is 16.3. The number of rotatable bonds is 0. The van der Waals surface area contributed by atoms with Crippen LogP contribution in [-0.4, -0.2) is 27.7 Å².